The topological polar surface area (TPSA) is 20.3 Å². The van der Waals surface area contributed by atoms with Crippen molar-refractivity contribution in [2.75, 3.05) is 6.54 Å². The first-order valence-corrected chi connectivity index (χ1v) is 7.71. The summed E-state index contributed by atoms with van der Waals surface area (Å²) < 4.78 is 0. The fourth-order valence-corrected chi connectivity index (χ4v) is 3.65. The Labute approximate surface area is 115 Å². The minimum absolute atomic E-state index is 0.108. The van der Waals surface area contributed by atoms with E-state index in [9.17, 15) is 4.79 Å². The molecule has 1 aliphatic carbocycles. The molecule has 3 rings (SSSR count). The van der Waals surface area contributed by atoms with Crippen LogP contribution in [0.3, 0.4) is 0 Å². The molecule has 102 valence electrons. The van der Waals surface area contributed by atoms with Crippen LogP contribution in [0.25, 0.3) is 0 Å². The molecule has 2 fully saturated rings. The molecule has 0 spiro atoms. The lowest BCUT2D eigenvalue weighted by Gasteiger charge is -2.40. The van der Waals surface area contributed by atoms with E-state index in [0.717, 1.165) is 19.4 Å². The van der Waals surface area contributed by atoms with E-state index in [4.69, 9.17) is 0 Å². The Balaban J connectivity index is 1.75. The zero-order chi connectivity index (χ0) is 13.1. The standard InChI is InChI=1S/C17H23NO/c19-17-16(14-8-3-1-4-9-14)12-7-13-18(17)15-10-5-2-6-11-15/h1,3-4,8-9,15-16H,2,5-7,10-13H2. The van der Waals surface area contributed by atoms with Crippen molar-refractivity contribution in [1.29, 1.82) is 0 Å². The Bertz CT molecular complexity index is 422. The summed E-state index contributed by atoms with van der Waals surface area (Å²) in [5, 5.41) is 0. The molecule has 1 aromatic carbocycles. The average molecular weight is 257 g/mol. The second-order valence-corrected chi connectivity index (χ2v) is 5.93. The van der Waals surface area contributed by atoms with Crippen LogP contribution in [0.1, 0.15) is 56.4 Å². The fourth-order valence-electron chi connectivity index (χ4n) is 3.65. The summed E-state index contributed by atoms with van der Waals surface area (Å²) in [4.78, 5) is 14.9. The first-order chi connectivity index (χ1) is 9.36. The van der Waals surface area contributed by atoms with E-state index in [1.807, 2.05) is 18.2 Å². The van der Waals surface area contributed by atoms with Crippen LogP contribution in [-0.4, -0.2) is 23.4 Å². The number of likely N-dealkylation sites (tertiary alicyclic amines) is 1. The minimum atomic E-state index is 0.108. The number of amides is 1. The number of nitrogens with zero attached hydrogens (tertiary/aromatic N) is 1. The van der Waals surface area contributed by atoms with Gasteiger partial charge in [-0.2, -0.15) is 0 Å². The van der Waals surface area contributed by atoms with Crippen LogP contribution in [0.4, 0.5) is 0 Å². The summed E-state index contributed by atoms with van der Waals surface area (Å²) in [7, 11) is 0. The van der Waals surface area contributed by atoms with Crippen molar-refractivity contribution in [3.8, 4) is 0 Å². The Morgan fingerprint density at radius 2 is 1.63 bits per heavy atom. The molecule has 1 heterocycles. The van der Waals surface area contributed by atoms with E-state index < -0.39 is 0 Å². The first kappa shape index (κ1) is 12.7. The van der Waals surface area contributed by atoms with Crippen molar-refractivity contribution in [3.05, 3.63) is 35.9 Å². The van der Waals surface area contributed by atoms with Gasteiger partial charge in [0.05, 0.1) is 5.92 Å². The lowest BCUT2D eigenvalue weighted by molar-refractivity contribution is -0.138. The quantitative estimate of drug-likeness (QED) is 0.790. The predicted octanol–water partition coefficient (Wildman–Crippen LogP) is 3.73. The molecule has 1 amide bonds. The molecule has 0 aromatic heterocycles. The number of benzene rings is 1. The van der Waals surface area contributed by atoms with E-state index in [-0.39, 0.29) is 5.92 Å². The molecule has 0 radical (unpaired) electrons. The maximum atomic E-state index is 12.8. The van der Waals surface area contributed by atoms with Crippen molar-refractivity contribution in [2.45, 2.75) is 56.9 Å². The van der Waals surface area contributed by atoms with Gasteiger partial charge in [0.2, 0.25) is 5.91 Å². The lowest BCUT2D eigenvalue weighted by atomic mass is 9.86. The molecule has 1 atom stereocenters. The second kappa shape index (κ2) is 5.77. The van der Waals surface area contributed by atoms with Crippen LogP contribution < -0.4 is 0 Å². The highest BCUT2D eigenvalue weighted by Gasteiger charge is 2.34. The highest BCUT2D eigenvalue weighted by atomic mass is 16.2. The van der Waals surface area contributed by atoms with E-state index in [0.29, 0.717) is 11.9 Å². The van der Waals surface area contributed by atoms with Gasteiger partial charge >= 0.3 is 0 Å². The smallest absolute Gasteiger partial charge is 0.230 e. The zero-order valence-electron chi connectivity index (χ0n) is 11.6. The van der Waals surface area contributed by atoms with Crippen LogP contribution in [-0.2, 0) is 4.79 Å². The second-order valence-electron chi connectivity index (χ2n) is 5.93. The number of hydrogen-bond acceptors (Lipinski definition) is 1. The maximum Gasteiger partial charge on any atom is 0.230 e. The zero-order valence-corrected chi connectivity index (χ0v) is 11.6. The van der Waals surface area contributed by atoms with Gasteiger partial charge in [-0.3, -0.25) is 4.79 Å². The first-order valence-electron chi connectivity index (χ1n) is 7.71. The number of hydrogen-bond donors (Lipinski definition) is 0. The number of rotatable bonds is 2. The van der Waals surface area contributed by atoms with E-state index >= 15 is 0 Å². The van der Waals surface area contributed by atoms with E-state index in [1.165, 1.54) is 37.7 Å². The summed E-state index contributed by atoms with van der Waals surface area (Å²) in [6.07, 6.45) is 8.55. The maximum absolute atomic E-state index is 12.8. The Kier molecular flexibility index (Phi) is 3.86. The van der Waals surface area contributed by atoms with E-state index in [2.05, 4.69) is 17.0 Å². The molecule has 2 nitrogen and oxygen atoms in total. The van der Waals surface area contributed by atoms with Crippen LogP contribution in [0.15, 0.2) is 30.3 Å². The van der Waals surface area contributed by atoms with Gasteiger partial charge in [0.25, 0.3) is 0 Å². The van der Waals surface area contributed by atoms with Crippen molar-refractivity contribution < 1.29 is 4.79 Å². The monoisotopic (exact) mass is 257 g/mol. The fraction of sp³-hybridized carbons (Fsp3) is 0.588. The minimum Gasteiger partial charge on any atom is -0.339 e. The highest BCUT2D eigenvalue weighted by Crippen LogP contribution is 2.32. The van der Waals surface area contributed by atoms with Gasteiger partial charge in [-0.1, -0.05) is 49.6 Å². The van der Waals surface area contributed by atoms with Gasteiger partial charge in [0.1, 0.15) is 0 Å². The molecule has 19 heavy (non-hydrogen) atoms. The highest BCUT2D eigenvalue weighted by molar-refractivity contribution is 5.84. The number of piperidine rings is 1. The molecule has 0 N–H and O–H groups in total. The summed E-state index contributed by atoms with van der Waals surface area (Å²) in [6.45, 7) is 0.979. The number of carbonyl (C=O) groups excluding carboxylic acids is 1. The summed E-state index contributed by atoms with van der Waals surface area (Å²) in [6, 6.07) is 10.8. The number of carbonyl (C=O) groups is 1. The van der Waals surface area contributed by atoms with Gasteiger partial charge in [0, 0.05) is 12.6 Å². The molecule has 1 aromatic rings. The Morgan fingerprint density at radius 3 is 2.37 bits per heavy atom. The largest absolute Gasteiger partial charge is 0.339 e. The van der Waals surface area contributed by atoms with Crippen molar-refractivity contribution in [3.63, 3.8) is 0 Å². The van der Waals surface area contributed by atoms with Crippen LogP contribution in [0.2, 0.25) is 0 Å². The molecule has 1 saturated carbocycles. The van der Waals surface area contributed by atoms with Crippen molar-refractivity contribution >= 4 is 5.91 Å². The Hall–Kier alpha value is -1.31. The molecule has 2 aliphatic rings. The Morgan fingerprint density at radius 1 is 0.895 bits per heavy atom. The average Bonchev–Trinajstić information content (AvgIpc) is 2.49. The van der Waals surface area contributed by atoms with Gasteiger partial charge in [-0.25, -0.2) is 0 Å². The SMILES string of the molecule is O=C1C(c2ccccc2)CCCN1C1CCCCC1. The van der Waals surface area contributed by atoms with Crippen molar-refractivity contribution in [2.24, 2.45) is 0 Å². The van der Waals surface area contributed by atoms with Crippen LogP contribution in [0, 0.1) is 0 Å². The summed E-state index contributed by atoms with van der Waals surface area (Å²) >= 11 is 0. The van der Waals surface area contributed by atoms with Gasteiger partial charge in [-0.05, 0) is 31.2 Å². The summed E-state index contributed by atoms with van der Waals surface area (Å²) in [5.41, 5.74) is 1.20. The third-order valence-electron chi connectivity index (χ3n) is 4.69. The molecule has 2 heteroatoms. The third kappa shape index (κ3) is 2.68. The lowest BCUT2D eigenvalue weighted by Crippen LogP contribution is -2.47. The summed E-state index contributed by atoms with van der Waals surface area (Å²) in [5.74, 6) is 0.487. The normalized spacial score (nSPS) is 25.6. The van der Waals surface area contributed by atoms with Gasteiger partial charge < -0.3 is 4.90 Å². The third-order valence-corrected chi connectivity index (χ3v) is 4.69. The molecular weight excluding hydrogens is 234 g/mol. The molecule has 1 aliphatic heterocycles. The van der Waals surface area contributed by atoms with E-state index in [1.54, 1.807) is 0 Å². The molecule has 1 unspecified atom stereocenters. The van der Waals surface area contributed by atoms with Crippen LogP contribution in [0.5, 0.6) is 0 Å². The van der Waals surface area contributed by atoms with Crippen molar-refractivity contribution in [1.82, 2.24) is 4.90 Å². The molecule has 1 saturated heterocycles. The van der Waals surface area contributed by atoms with Gasteiger partial charge in [-0.15, -0.1) is 0 Å². The molecule has 0 bridgehead atoms. The molecular formula is C17H23NO. The van der Waals surface area contributed by atoms with Gasteiger partial charge in [0.15, 0.2) is 0 Å². The van der Waals surface area contributed by atoms with Crippen LogP contribution >= 0.6 is 0 Å². The predicted molar refractivity (Wildman–Crippen MR) is 77.0 cm³/mol.